The van der Waals surface area contributed by atoms with Gasteiger partial charge in [-0.05, 0) is 6.92 Å². The Balaban J connectivity index is 2.36. The maximum Gasteiger partial charge on any atom is 0.174 e. The molecule has 2 fully saturated rings. The van der Waals surface area contributed by atoms with Crippen molar-refractivity contribution in [3.8, 4) is 0 Å². The zero-order chi connectivity index (χ0) is 10.1. The van der Waals surface area contributed by atoms with Crippen LogP contribution < -0.4 is 0 Å². The fourth-order valence-corrected chi connectivity index (χ4v) is 4.43. The number of likely N-dealkylation sites (N-methyl/N-ethyl adjacent to an activating group) is 1. The van der Waals surface area contributed by atoms with Gasteiger partial charge in [0.25, 0.3) is 0 Å². The Kier molecular flexibility index (Phi) is 1.54. The van der Waals surface area contributed by atoms with Gasteiger partial charge in [0.1, 0.15) is 0 Å². The number of quaternary nitrogens is 1. The van der Waals surface area contributed by atoms with Gasteiger partial charge in [-0.3, -0.25) is 0 Å². The topological polar surface area (TPSA) is 3.24 Å². The van der Waals surface area contributed by atoms with E-state index in [0.717, 1.165) is 10.5 Å². The number of fused-ring (bicyclic) bond motifs is 1. The van der Waals surface area contributed by atoms with Crippen LogP contribution in [0.25, 0.3) is 0 Å². The number of hydrogen-bond acceptors (Lipinski definition) is 1. The molecule has 0 amide bonds. The third-order valence-corrected chi connectivity index (χ3v) is 5.62. The Labute approximate surface area is 82.1 Å². The van der Waals surface area contributed by atoms with Crippen molar-refractivity contribution in [1.82, 2.24) is 5.01 Å². The third-order valence-electron chi connectivity index (χ3n) is 5.62. The summed E-state index contributed by atoms with van der Waals surface area (Å²) in [6.07, 6.45) is 2.73. The minimum Gasteiger partial charge on any atom is -0.226 e. The third kappa shape index (κ3) is 0.581. The molecule has 2 aliphatic rings. The first kappa shape index (κ1) is 9.47. The molecule has 1 saturated carbocycles. The molecule has 0 radical (unpaired) electrons. The van der Waals surface area contributed by atoms with Gasteiger partial charge in [-0.15, -0.1) is 0 Å². The first-order chi connectivity index (χ1) is 5.88. The smallest absolute Gasteiger partial charge is 0.174 e. The van der Waals surface area contributed by atoms with E-state index in [1.54, 1.807) is 0 Å². The minimum absolute atomic E-state index is 0.533. The van der Waals surface area contributed by atoms with Crippen LogP contribution in [0.3, 0.4) is 0 Å². The maximum absolute atomic E-state index is 2.46. The van der Waals surface area contributed by atoms with Crippen LogP contribution in [0.1, 0.15) is 33.6 Å². The lowest BCUT2D eigenvalue weighted by molar-refractivity contribution is -0.940. The molecule has 1 saturated heterocycles. The summed E-state index contributed by atoms with van der Waals surface area (Å²) >= 11 is 0. The normalized spacial score (nSPS) is 58.8. The molecule has 0 aromatic rings. The van der Waals surface area contributed by atoms with E-state index in [1.807, 2.05) is 0 Å². The number of nitrogens with zero attached hydrogens (tertiary/aromatic N) is 2. The zero-order valence-corrected chi connectivity index (χ0v) is 9.89. The van der Waals surface area contributed by atoms with Gasteiger partial charge in [-0.2, -0.15) is 5.01 Å². The van der Waals surface area contributed by atoms with Gasteiger partial charge in [0.05, 0.1) is 7.05 Å². The Bertz CT molecular complexity index is 244. The van der Waals surface area contributed by atoms with E-state index in [1.165, 1.54) is 12.8 Å². The van der Waals surface area contributed by atoms with E-state index in [9.17, 15) is 0 Å². The maximum atomic E-state index is 2.46. The second-order valence-electron chi connectivity index (χ2n) is 5.44. The molecule has 76 valence electrons. The van der Waals surface area contributed by atoms with Crippen LogP contribution in [0.5, 0.6) is 0 Å². The summed E-state index contributed by atoms with van der Waals surface area (Å²) in [6, 6.07) is 0. The number of likely N-dealkylation sites (tertiary alicyclic amines) is 1. The largest absolute Gasteiger partial charge is 0.226 e. The summed E-state index contributed by atoms with van der Waals surface area (Å²) in [4.78, 5) is 0. The first-order valence-electron chi connectivity index (χ1n) is 5.43. The summed E-state index contributed by atoms with van der Waals surface area (Å²) in [5, 5.41) is 2.40. The van der Waals surface area contributed by atoms with Crippen molar-refractivity contribution >= 4 is 0 Å². The van der Waals surface area contributed by atoms with Gasteiger partial charge in [0, 0.05) is 32.9 Å². The molecule has 1 heterocycles. The van der Waals surface area contributed by atoms with Crippen molar-refractivity contribution in [2.24, 2.45) is 5.92 Å². The summed E-state index contributed by atoms with van der Waals surface area (Å²) in [7, 11) is 6.83. The molecule has 2 rings (SSSR count). The molecule has 2 nitrogen and oxygen atoms in total. The zero-order valence-electron chi connectivity index (χ0n) is 9.89. The van der Waals surface area contributed by atoms with Crippen molar-refractivity contribution in [3.05, 3.63) is 0 Å². The highest BCUT2D eigenvalue weighted by Gasteiger charge is 2.95. The van der Waals surface area contributed by atoms with Gasteiger partial charge in [0.15, 0.2) is 11.1 Å². The molecule has 0 bridgehead atoms. The van der Waals surface area contributed by atoms with Crippen molar-refractivity contribution in [1.29, 1.82) is 0 Å². The van der Waals surface area contributed by atoms with Gasteiger partial charge in [-0.1, -0.05) is 13.8 Å². The predicted molar refractivity (Wildman–Crippen MR) is 55.1 cm³/mol. The molecule has 1 aliphatic heterocycles. The molecule has 4 atom stereocenters. The van der Waals surface area contributed by atoms with E-state index >= 15 is 0 Å². The monoisotopic (exact) mass is 183 g/mol. The molecule has 2 heteroatoms. The highest BCUT2D eigenvalue weighted by atomic mass is 15.9. The number of hydrogen-bond donors (Lipinski definition) is 0. The summed E-state index contributed by atoms with van der Waals surface area (Å²) in [5.41, 5.74) is 1.11. The van der Waals surface area contributed by atoms with Gasteiger partial charge in [0.2, 0.25) is 0 Å². The van der Waals surface area contributed by atoms with Gasteiger partial charge in [-0.25, -0.2) is 4.59 Å². The molecular formula is C11H23N2+. The standard InChI is InChI=1S/C11H23N2/c1-7-11-8-9(2)10(11,3)13(11,6)12(4)5/h9H,7-8H2,1-6H3/q+1. The Morgan fingerprint density at radius 2 is 2.00 bits per heavy atom. The van der Waals surface area contributed by atoms with Crippen molar-refractivity contribution in [3.63, 3.8) is 0 Å². The molecule has 0 spiro atoms. The highest BCUT2D eigenvalue weighted by molar-refractivity contribution is 5.24. The molecule has 0 aromatic carbocycles. The van der Waals surface area contributed by atoms with E-state index in [0.29, 0.717) is 11.1 Å². The molecule has 0 aromatic heterocycles. The van der Waals surface area contributed by atoms with Gasteiger partial charge < -0.3 is 0 Å². The summed E-state index contributed by atoms with van der Waals surface area (Å²) in [5.74, 6) is 0.889. The average Bonchev–Trinajstić information content (AvgIpc) is 2.44. The SMILES string of the molecule is CCC12CC(C)C1(C)[N+]2(C)N(C)C. The van der Waals surface area contributed by atoms with Crippen LogP contribution in [0.4, 0.5) is 0 Å². The Hall–Kier alpha value is -0.0800. The lowest BCUT2D eigenvalue weighted by Gasteiger charge is -2.27. The Morgan fingerprint density at radius 1 is 1.46 bits per heavy atom. The van der Waals surface area contributed by atoms with E-state index in [-0.39, 0.29) is 0 Å². The molecular weight excluding hydrogens is 160 g/mol. The lowest BCUT2D eigenvalue weighted by atomic mass is 9.66. The van der Waals surface area contributed by atoms with Crippen molar-refractivity contribution < 1.29 is 4.59 Å². The average molecular weight is 183 g/mol. The molecule has 0 N–H and O–H groups in total. The second-order valence-corrected chi connectivity index (χ2v) is 5.44. The van der Waals surface area contributed by atoms with Crippen LogP contribution >= 0.6 is 0 Å². The van der Waals surface area contributed by atoms with Crippen molar-refractivity contribution in [2.75, 3.05) is 21.1 Å². The molecule has 13 heavy (non-hydrogen) atoms. The second kappa shape index (κ2) is 2.12. The van der Waals surface area contributed by atoms with Crippen LogP contribution in [-0.4, -0.2) is 41.8 Å². The van der Waals surface area contributed by atoms with Crippen LogP contribution in [0.2, 0.25) is 0 Å². The van der Waals surface area contributed by atoms with Crippen molar-refractivity contribution in [2.45, 2.75) is 44.7 Å². The molecule has 1 aliphatic carbocycles. The van der Waals surface area contributed by atoms with E-state index in [2.05, 4.69) is 46.9 Å². The van der Waals surface area contributed by atoms with E-state index < -0.39 is 0 Å². The predicted octanol–water partition coefficient (Wildman–Crippen LogP) is 1.87. The highest BCUT2D eigenvalue weighted by Crippen LogP contribution is 2.75. The van der Waals surface area contributed by atoms with Gasteiger partial charge >= 0.3 is 0 Å². The minimum atomic E-state index is 0.533. The summed E-state index contributed by atoms with van der Waals surface area (Å²) < 4.78 is 1.16. The summed E-state index contributed by atoms with van der Waals surface area (Å²) in [6.45, 7) is 7.21. The first-order valence-corrected chi connectivity index (χ1v) is 5.43. The quantitative estimate of drug-likeness (QED) is 0.466. The molecule has 4 unspecified atom stereocenters. The number of rotatable bonds is 2. The van der Waals surface area contributed by atoms with Crippen LogP contribution in [0.15, 0.2) is 0 Å². The van der Waals surface area contributed by atoms with Crippen LogP contribution in [0, 0.1) is 5.92 Å². The fraction of sp³-hybridized carbons (Fsp3) is 1.00. The Morgan fingerprint density at radius 3 is 2.15 bits per heavy atom. The van der Waals surface area contributed by atoms with E-state index in [4.69, 9.17) is 0 Å². The lowest BCUT2D eigenvalue weighted by Crippen LogP contribution is -2.43. The van der Waals surface area contributed by atoms with Crippen LogP contribution in [-0.2, 0) is 0 Å². The fourth-order valence-electron chi connectivity index (χ4n) is 4.43.